The number of hydrogen-bond acceptors (Lipinski definition) is 2. The molecule has 0 fully saturated rings. The Hall–Kier alpha value is -1.56. The normalized spacial score (nSPS) is 11.5. The number of alkyl halides is 4. The zero-order valence-corrected chi connectivity index (χ0v) is 12.8. The number of nitrogens with zero attached hydrogens (tertiary/aromatic N) is 1. The fourth-order valence-electron chi connectivity index (χ4n) is 1.84. The third kappa shape index (κ3) is 4.20. The van der Waals surface area contributed by atoms with E-state index in [-0.39, 0.29) is 12.4 Å². The van der Waals surface area contributed by atoms with Gasteiger partial charge in [0.2, 0.25) is 0 Å². The van der Waals surface area contributed by atoms with E-state index in [1.54, 1.807) is 18.2 Å². The molecule has 0 bridgehead atoms. The minimum atomic E-state index is -4.45. The molecule has 0 N–H and O–H groups in total. The van der Waals surface area contributed by atoms with Crippen LogP contribution in [0.15, 0.2) is 36.4 Å². The van der Waals surface area contributed by atoms with Gasteiger partial charge >= 0.3 is 6.18 Å². The smallest absolute Gasteiger partial charge is 0.419 e. The molecule has 0 spiro atoms. The number of hydrogen-bond donors (Lipinski definition) is 0. The van der Waals surface area contributed by atoms with Crippen LogP contribution in [0, 0.1) is 6.92 Å². The zero-order chi connectivity index (χ0) is 15.5. The van der Waals surface area contributed by atoms with Crippen LogP contribution in [0.3, 0.4) is 0 Å². The minimum absolute atomic E-state index is 0.00157. The Bertz CT molecular complexity index is 629. The number of aryl methyl sites for hydroxylation is 1. The van der Waals surface area contributed by atoms with E-state index in [0.29, 0.717) is 16.6 Å². The average Bonchev–Trinajstić information content (AvgIpc) is 2.44. The van der Waals surface area contributed by atoms with Crippen LogP contribution in [0.5, 0.6) is 5.75 Å². The highest BCUT2D eigenvalue weighted by atomic mass is 79.9. The first-order valence-electron chi connectivity index (χ1n) is 6.21. The van der Waals surface area contributed by atoms with E-state index >= 15 is 0 Å². The molecule has 0 saturated heterocycles. The number of aromatic nitrogens is 1. The van der Waals surface area contributed by atoms with Crippen LogP contribution < -0.4 is 4.74 Å². The van der Waals surface area contributed by atoms with Gasteiger partial charge in [-0.3, -0.25) is 4.98 Å². The number of pyridine rings is 1. The van der Waals surface area contributed by atoms with Gasteiger partial charge in [-0.2, -0.15) is 13.2 Å². The summed E-state index contributed by atoms with van der Waals surface area (Å²) in [6, 6.07) is 9.36. The summed E-state index contributed by atoms with van der Waals surface area (Å²) in [5.74, 6) is -0.185. The Labute approximate surface area is 129 Å². The van der Waals surface area contributed by atoms with Gasteiger partial charge in [0.05, 0.1) is 11.3 Å². The molecule has 112 valence electrons. The number of halogens is 4. The lowest BCUT2D eigenvalue weighted by Crippen LogP contribution is -2.10. The summed E-state index contributed by atoms with van der Waals surface area (Å²) in [6.07, 6.45) is -4.45. The number of ether oxygens (including phenoxy) is 1. The van der Waals surface area contributed by atoms with Crippen molar-refractivity contribution in [1.82, 2.24) is 4.98 Å². The summed E-state index contributed by atoms with van der Waals surface area (Å²) < 4.78 is 44.4. The topological polar surface area (TPSA) is 22.1 Å². The Balaban J connectivity index is 2.23. The lowest BCUT2D eigenvalue weighted by Gasteiger charge is -2.15. The van der Waals surface area contributed by atoms with E-state index in [1.165, 1.54) is 6.07 Å². The van der Waals surface area contributed by atoms with Crippen molar-refractivity contribution in [2.75, 3.05) is 0 Å². The van der Waals surface area contributed by atoms with Crippen LogP contribution in [0.4, 0.5) is 13.2 Å². The fraction of sp³-hybridized carbons (Fsp3) is 0.267. The number of benzene rings is 1. The lowest BCUT2D eigenvalue weighted by molar-refractivity contribution is -0.139. The van der Waals surface area contributed by atoms with Crippen molar-refractivity contribution in [1.29, 1.82) is 0 Å². The van der Waals surface area contributed by atoms with Crippen LogP contribution in [-0.4, -0.2) is 4.98 Å². The maximum Gasteiger partial charge on any atom is 0.419 e. The van der Waals surface area contributed by atoms with E-state index in [1.807, 2.05) is 13.0 Å². The summed E-state index contributed by atoms with van der Waals surface area (Å²) in [7, 11) is 0. The highest BCUT2D eigenvalue weighted by Gasteiger charge is 2.34. The molecule has 1 aromatic carbocycles. The molecule has 1 aromatic heterocycles. The van der Waals surface area contributed by atoms with Crippen LogP contribution >= 0.6 is 15.9 Å². The maximum atomic E-state index is 13.0. The van der Waals surface area contributed by atoms with Gasteiger partial charge in [-0.05, 0) is 36.8 Å². The summed E-state index contributed by atoms with van der Waals surface area (Å²) in [5.41, 5.74) is 1.16. The van der Waals surface area contributed by atoms with E-state index in [2.05, 4.69) is 20.9 Å². The van der Waals surface area contributed by atoms with Crippen LogP contribution in [-0.2, 0) is 18.1 Å². The average molecular weight is 360 g/mol. The molecular weight excluding hydrogens is 347 g/mol. The van der Waals surface area contributed by atoms with Crippen molar-refractivity contribution in [3.05, 3.63) is 58.9 Å². The molecule has 2 nitrogen and oxygen atoms in total. The quantitative estimate of drug-likeness (QED) is 0.725. The van der Waals surface area contributed by atoms with Gasteiger partial charge in [-0.15, -0.1) is 0 Å². The molecule has 0 aliphatic heterocycles. The molecule has 0 saturated carbocycles. The van der Waals surface area contributed by atoms with Crippen molar-refractivity contribution in [2.45, 2.75) is 25.0 Å². The van der Waals surface area contributed by atoms with Crippen molar-refractivity contribution < 1.29 is 17.9 Å². The Morgan fingerprint density at radius 3 is 2.57 bits per heavy atom. The summed E-state index contributed by atoms with van der Waals surface area (Å²) >= 11 is 3.15. The second kappa shape index (κ2) is 6.47. The molecule has 2 rings (SSSR count). The highest BCUT2D eigenvalue weighted by Crippen LogP contribution is 2.37. The van der Waals surface area contributed by atoms with Crippen LogP contribution in [0.1, 0.15) is 22.5 Å². The Morgan fingerprint density at radius 1 is 1.19 bits per heavy atom. The van der Waals surface area contributed by atoms with Gasteiger partial charge in [0.25, 0.3) is 0 Å². The zero-order valence-electron chi connectivity index (χ0n) is 11.2. The molecule has 0 aliphatic rings. The van der Waals surface area contributed by atoms with Crippen molar-refractivity contribution in [3.63, 3.8) is 0 Å². The molecule has 0 radical (unpaired) electrons. The molecule has 0 unspecified atom stereocenters. The largest absolute Gasteiger partial charge is 0.487 e. The van der Waals surface area contributed by atoms with Crippen molar-refractivity contribution in [3.8, 4) is 5.75 Å². The first-order valence-corrected chi connectivity index (χ1v) is 7.33. The molecule has 6 heteroatoms. The van der Waals surface area contributed by atoms with E-state index in [0.717, 1.165) is 11.8 Å². The van der Waals surface area contributed by atoms with E-state index in [4.69, 9.17) is 4.74 Å². The van der Waals surface area contributed by atoms with Crippen LogP contribution in [0.2, 0.25) is 0 Å². The predicted octanol–water partition coefficient (Wildman–Crippen LogP) is 4.88. The van der Waals surface area contributed by atoms with Crippen molar-refractivity contribution in [2.24, 2.45) is 0 Å². The molecular formula is C15H13BrF3NO. The summed E-state index contributed by atoms with van der Waals surface area (Å²) in [4.78, 5) is 4.20. The molecule has 0 atom stereocenters. The van der Waals surface area contributed by atoms with Gasteiger partial charge in [-0.25, -0.2) is 0 Å². The van der Waals surface area contributed by atoms with Gasteiger partial charge < -0.3 is 4.74 Å². The lowest BCUT2D eigenvalue weighted by atomic mass is 10.1. The van der Waals surface area contributed by atoms with Gasteiger partial charge in [0, 0.05) is 11.0 Å². The SMILES string of the molecule is Cc1cccc(COc2ccc(CBr)cc2C(F)(F)F)n1. The minimum Gasteiger partial charge on any atom is -0.487 e. The second-order valence-electron chi connectivity index (χ2n) is 4.52. The monoisotopic (exact) mass is 359 g/mol. The van der Waals surface area contributed by atoms with E-state index in [9.17, 15) is 13.2 Å². The molecule has 21 heavy (non-hydrogen) atoms. The first kappa shape index (κ1) is 15.8. The Kier molecular flexibility index (Phi) is 4.88. The fourth-order valence-corrected chi connectivity index (χ4v) is 2.19. The predicted molar refractivity (Wildman–Crippen MR) is 77.4 cm³/mol. The molecule has 2 aromatic rings. The first-order chi connectivity index (χ1) is 9.90. The standard InChI is InChI=1S/C15H13BrF3NO/c1-10-3-2-4-12(20-10)9-21-14-6-5-11(8-16)7-13(14)15(17,18)19/h2-7H,8-9H2,1H3. The van der Waals surface area contributed by atoms with Crippen LogP contribution in [0.25, 0.3) is 0 Å². The second-order valence-corrected chi connectivity index (χ2v) is 5.08. The Morgan fingerprint density at radius 2 is 1.95 bits per heavy atom. The summed E-state index contributed by atoms with van der Waals surface area (Å²) in [5, 5.41) is 0.357. The third-order valence-corrected chi connectivity index (χ3v) is 3.47. The highest BCUT2D eigenvalue weighted by molar-refractivity contribution is 9.08. The number of rotatable bonds is 4. The van der Waals surface area contributed by atoms with Gasteiger partial charge in [0.15, 0.2) is 0 Å². The third-order valence-electron chi connectivity index (χ3n) is 2.83. The molecule has 0 aliphatic carbocycles. The van der Waals surface area contributed by atoms with Gasteiger partial charge in [0.1, 0.15) is 12.4 Å². The summed E-state index contributed by atoms with van der Waals surface area (Å²) in [6.45, 7) is 1.81. The maximum absolute atomic E-state index is 13.0. The van der Waals surface area contributed by atoms with E-state index < -0.39 is 11.7 Å². The van der Waals surface area contributed by atoms with Crippen molar-refractivity contribution >= 4 is 15.9 Å². The molecule has 1 heterocycles. The molecule has 0 amide bonds. The van der Waals surface area contributed by atoms with Gasteiger partial charge in [-0.1, -0.05) is 28.1 Å².